The van der Waals surface area contributed by atoms with Crippen LogP contribution in [0.1, 0.15) is 10.4 Å². The lowest BCUT2D eigenvalue weighted by molar-refractivity contribution is -0.136. The fraction of sp³-hybridized carbons (Fsp3) is 0.111. The molecule has 0 fully saturated rings. The Kier molecular flexibility index (Phi) is 3.50. The van der Waals surface area contributed by atoms with E-state index >= 15 is 0 Å². The molecule has 68 valence electrons. The molecule has 4 heteroatoms. The van der Waals surface area contributed by atoms with Crippen molar-refractivity contribution in [3.63, 3.8) is 0 Å². The van der Waals surface area contributed by atoms with E-state index in [2.05, 4.69) is 9.47 Å². The van der Waals surface area contributed by atoms with E-state index in [9.17, 15) is 9.59 Å². The Balaban J connectivity index is 2.45. The van der Waals surface area contributed by atoms with E-state index in [0.29, 0.717) is 5.56 Å². The first-order valence-corrected chi connectivity index (χ1v) is 3.62. The van der Waals surface area contributed by atoms with Crippen LogP contribution in [0.15, 0.2) is 30.3 Å². The maximum Gasteiger partial charge on any atom is 0.340 e. The minimum atomic E-state index is -0.512. The van der Waals surface area contributed by atoms with Crippen LogP contribution < -0.4 is 0 Å². The molecule has 0 atom stereocenters. The van der Waals surface area contributed by atoms with E-state index in [-0.39, 0.29) is 13.3 Å². The third-order valence-corrected chi connectivity index (χ3v) is 1.34. The Morgan fingerprint density at radius 2 is 2.00 bits per heavy atom. The molecule has 0 saturated carbocycles. The maximum atomic E-state index is 11.1. The van der Waals surface area contributed by atoms with Crippen LogP contribution in [-0.4, -0.2) is 19.2 Å². The molecule has 0 aromatic heterocycles. The van der Waals surface area contributed by atoms with Crippen molar-refractivity contribution in [3.05, 3.63) is 35.9 Å². The first-order valence-electron chi connectivity index (χ1n) is 3.62. The quantitative estimate of drug-likeness (QED) is 0.300. The topological polar surface area (TPSA) is 52.6 Å². The number of rotatable bonds is 4. The SMILES string of the molecule is O=COCOC(=O)c1ccccc1. The molecule has 4 nitrogen and oxygen atoms in total. The molecule has 0 amide bonds. The second-order valence-corrected chi connectivity index (χ2v) is 2.18. The van der Waals surface area contributed by atoms with Crippen molar-refractivity contribution in [1.82, 2.24) is 0 Å². The van der Waals surface area contributed by atoms with Crippen molar-refractivity contribution < 1.29 is 19.1 Å². The molecule has 0 aliphatic carbocycles. The van der Waals surface area contributed by atoms with Gasteiger partial charge in [-0.2, -0.15) is 0 Å². The third-order valence-electron chi connectivity index (χ3n) is 1.34. The molecule has 0 bridgehead atoms. The van der Waals surface area contributed by atoms with E-state index in [0.717, 1.165) is 0 Å². The Bertz CT molecular complexity index is 281. The molecule has 0 heterocycles. The molecule has 1 aromatic carbocycles. The van der Waals surface area contributed by atoms with Crippen molar-refractivity contribution in [3.8, 4) is 0 Å². The maximum absolute atomic E-state index is 11.1. The van der Waals surface area contributed by atoms with Crippen LogP contribution in [-0.2, 0) is 14.3 Å². The Morgan fingerprint density at radius 1 is 1.31 bits per heavy atom. The van der Waals surface area contributed by atoms with E-state index < -0.39 is 5.97 Å². The molecular weight excluding hydrogens is 172 g/mol. The van der Waals surface area contributed by atoms with Crippen LogP contribution in [0.4, 0.5) is 0 Å². The fourth-order valence-electron chi connectivity index (χ4n) is 0.773. The van der Waals surface area contributed by atoms with Gasteiger partial charge in [-0.05, 0) is 12.1 Å². The van der Waals surface area contributed by atoms with Gasteiger partial charge in [0.15, 0.2) is 0 Å². The van der Waals surface area contributed by atoms with Crippen molar-refractivity contribution in [2.75, 3.05) is 6.79 Å². The van der Waals surface area contributed by atoms with Crippen LogP contribution in [0.25, 0.3) is 0 Å². The Labute approximate surface area is 75.1 Å². The number of benzene rings is 1. The van der Waals surface area contributed by atoms with Crippen molar-refractivity contribution >= 4 is 12.4 Å². The lowest BCUT2D eigenvalue weighted by Crippen LogP contribution is -2.07. The molecule has 13 heavy (non-hydrogen) atoms. The molecule has 0 radical (unpaired) electrons. The lowest BCUT2D eigenvalue weighted by atomic mass is 10.2. The molecule has 0 N–H and O–H groups in total. The summed E-state index contributed by atoms with van der Waals surface area (Å²) in [6.07, 6.45) is 0. The molecule has 0 aliphatic rings. The van der Waals surface area contributed by atoms with Gasteiger partial charge < -0.3 is 9.47 Å². The minimum Gasteiger partial charge on any atom is -0.430 e. The zero-order chi connectivity index (χ0) is 9.52. The minimum absolute atomic E-state index is 0.221. The van der Waals surface area contributed by atoms with Gasteiger partial charge in [0.1, 0.15) is 0 Å². The van der Waals surface area contributed by atoms with Crippen LogP contribution in [0, 0.1) is 0 Å². The van der Waals surface area contributed by atoms with Gasteiger partial charge in [0.25, 0.3) is 6.47 Å². The highest BCUT2D eigenvalue weighted by Gasteiger charge is 2.04. The molecular formula is C9H8O4. The van der Waals surface area contributed by atoms with E-state index in [1.165, 1.54) is 0 Å². The van der Waals surface area contributed by atoms with Gasteiger partial charge in [0, 0.05) is 0 Å². The summed E-state index contributed by atoms with van der Waals surface area (Å²) in [5.41, 5.74) is 0.428. The predicted octanol–water partition coefficient (Wildman–Crippen LogP) is 0.974. The Morgan fingerprint density at radius 3 is 2.62 bits per heavy atom. The van der Waals surface area contributed by atoms with Crippen molar-refractivity contribution in [2.45, 2.75) is 0 Å². The predicted molar refractivity (Wildman–Crippen MR) is 43.9 cm³/mol. The number of hydrogen-bond acceptors (Lipinski definition) is 4. The van der Waals surface area contributed by atoms with Gasteiger partial charge in [-0.25, -0.2) is 4.79 Å². The summed E-state index contributed by atoms with van der Waals surface area (Å²) in [5.74, 6) is -0.512. The highest BCUT2D eigenvalue weighted by molar-refractivity contribution is 5.89. The largest absolute Gasteiger partial charge is 0.430 e. The summed E-state index contributed by atoms with van der Waals surface area (Å²) in [6, 6.07) is 8.46. The number of carbonyl (C=O) groups is 2. The smallest absolute Gasteiger partial charge is 0.340 e. The zero-order valence-electron chi connectivity index (χ0n) is 6.80. The standard InChI is InChI=1S/C9H8O4/c10-6-12-7-13-9(11)8-4-2-1-3-5-8/h1-6H,7H2. The second-order valence-electron chi connectivity index (χ2n) is 2.18. The summed E-state index contributed by atoms with van der Waals surface area (Å²) in [5, 5.41) is 0. The summed E-state index contributed by atoms with van der Waals surface area (Å²) in [4.78, 5) is 20.8. The molecule has 1 aromatic rings. The summed E-state index contributed by atoms with van der Waals surface area (Å²) in [7, 11) is 0. The lowest BCUT2D eigenvalue weighted by Gasteiger charge is -2.01. The first-order chi connectivity index (χ1) is 6.34. The second kappa shape index (κ2) is 4.92. The summed E-state index contributed by atoms with van der Waals surface area (Å²) in [6.45, 7) is -0.129. The monoisotopic (exact) mass is 180 g/mol. The summed E-state index contributed by atoms with van der Waals surface area (Å²) < 4.78 is 8.78. The van der Waals surface area contributed by atoms with Gasteiger partial charge in [-0.3, -0.25) is 4.79 Å². The van der Waals surface area contributed by atoms with Gasteiger partial charge in [-0.1, -0.05) is 18.2 Å². The van der Waals surface area contributed by atoms with Gasteiger partial charge >= 0.3 is 5.97 Å². The molecule has 0 aliphatic heterocycles. The van der Waals surface area contributed by atoms with Crippen molar-refractivity contribution in [1.29, 1.82) is 0 Å². The van der Waals surface area contributed by atoms with Crippen molar-refractivity contribution in [2.24, 2.45) is 0 Å². The third kappa shape index (κ3) is 2.94. The number of ether oxygens (including phenoxy) is 2. The van der Waals surface area contributed by atoms with E-state index in [4.69, 9.17) is 0 Å². The first kappa shape index (κ1) is 9.25. The number of carbonyl (C=O) groups excluding carboxylic acids is 2. The zero-order valence-corrected chi connectivity index (χ0v) is 6.80. The molecule has 0 spiro atoms. The van der Waals surface area contributed by atoms with E-state index in [1.807, 2.05) is 0 Å². The highest BCUT2D eigenvalue weighted by Crippen LogP contribution is 2.00. The van der Waals surface area contributed by atoms with Crippen LogP contribution in [0.3, 0.4) is 0 Å². The average Bonchev–Trinajstić information content (AvgIpc) is 2.19. The average molecular weight is 180 g/mol. The van der Waals surface area contributed by atoms with Crippen LogP contribution in [0.2, 0.25) is 0 Å². The molecule has 1 rings (SSSR count). The van der Waals surface area contributed by atoms with Crippen LogP contribution in [0.5, 0.6) is 0 Å². The number of hydrogen-bond donors (Lipinski definition) is 0. The van der Waals surface area contributed by atoms with Gasteiger partial charge in [0.2, 0.25) is 6.79 Å². The van der Waals surface area contributed by atoms with Gasteiger partial charge in [-0.15, -0.1) is 0 Å². The fourth-order valence-corrected chi connectivity index (χ4v) is 0.773. The number of esters is 1. The highest BCUT2D eigenvalue weighted by atomic mass is 16.7. The van der Waals surface area contributed by atoms with Gasteiger partial charge in [0.05, 0.1) is 5.56 Å². The Hall–Kier alpha value is -1.84. The normalized spacial score (nSPS) is 8.92. The molecule has 0 unspecified atom stereocenters. The molecule has 0 saturated heterocycles. The van der Waals surface area contributed by atoms with Crippen LogP contribution >= 0.6 is 0 Å². The van der Waals surface area contributed by atoms with E-state index in [1.54, 1.807) is 30.3 Å². The summed E-state index contributed by atoms with van der Waals surface area (Å²) >= 11 is 0.